The molecular weight excluding hydrogens is 392 g/mol. The van der Waals surface area contributed by atoms with Crippen LogP contribution in [-0.2, 0) is 13.0 Å². The topological polar surface area (TPSA) is 89.1 Å². The predicted molar refractivity (Wildman–Crippen MR) is 117 cm³/mol. The first-order chi connectivity index (χ1) is 15.2. The van der Waals surface area contributed by atoms with Crippen LogP contribution in [0, 0.1) is 0 Å². The van der Waals surface area contributed by atoms with Crippen molar-refractivity contribution in [3.05, 3.63) is 41.8 Å². The lowest BCUT2D eigenvalue weighted by atomic mass is 9.97. The van der Waals surface area contributed by atoms with Crippen molar-refractivity contribution in [1.82, 2.24) is 30.0 Å². The average Bonchev–Trinajstić information content (AvgIpc) is 3.34. The molecule has 0 saturated carbocycles. The van der Waals surface area contributed by atoms with Gasteiger partial charge in [-0.05, 0) is 44.2 Å². The molecule has 1 unspecified atom stereocenters. The Balaban J connectivity index is 1.21. The highest BCUT2D eigenvalue weighted by molar-refractivity contribution is 5.75. The summed E-state index contributed by atoms with van der Waals surface area (Å²) in [5, 5.41) is 12.0. The molecule has 8 heteroatoms. The minimum atomic E-state index is -0.110. The lowest BCUT2D eigenvalue weighted by molar-refractivity contribution is 0.173. The number of amides is 2. The number of hydrogen-bond donors (Lipinski definition) is 1. The number of urea groups is 1. The normalized spacial score (nSPS) is 18.5. The monoisotopic (exact) mass is 422 g/mol. The molecule has 1 saturated heterocycles. The first-order valence-corrected chi connectivity index (χ1v) is 11.6. The summed E-state index contributed by atoms with van der Waals surface area (Å²) in [6, 6.07) is 7.73. The number of rotatable bonds is 4. The van der Waals surface area contributed by atoms with Gasteiger partial charge in [-0.25, -0.2) is 9.78 Å². The second kappa shape index (κ2) is 8.69. The van der Waals surface area contributed by atoms with Crippen LogP contribution in [0.2, 0.25) is 0 Å². The van der Waals surface area contributed by atoms with Gasteiger partial charge in [-0.15, -0.1) is 10.2 Å². The number of fused-ring (bicyclic) bond motifs is 2. The fourth-order valence-corrected chi connectivity index (χ4v) is 4.75. The van der Waals surface area contributed by atoms with E-state index in [1.54, 1.807) is 0 Å². The largest absolute Gasteiger partial charge is 0.440 e. The minimum absolute atomic E-state index is 0.0196. The summed E-state index contributed by atoms with van der Waals surface area (Å²) in [6.45, 7) is 4.43. The number of hydrogen-bond acceptors (Lipinski definition) is 5. The van der Waals surface area contributed by atoms with E-state index < -0.39 is 0 Å². The Hall–Kier alpha value is -2.90. The van der Waals surface area contributed by atoms with E-state index in [-0.39, 0.29) is 18.0 Å². The molecule has 8 nitrogen and oxygen atoms in total. The highest BCUT2D eigenvalue weighted by atomic mass is 16.3. The van der Waals surface area contributed by atoms with Crippen molar-refractivity contribution in [3.8, 4) is 0 Å². The highest BCUT2D eigenvalue weighted by Crippen LogP contribution is 2.30. The molecule has 0 spiro atoms. The zero-order valence-corrected chi connectivity index (χ0v) is 18.1. The molecule has 1 atom stereocenters. The Bertz CT molecular complexity index is 1020. The standard InChI is InChI=1S/C23H30N6O2/c1-2-17(21-27-26-20-10-4-3-7-13-29(20)21)25-23(30)28-14-11-16(12-15-28)22-24-18-8-5-6-9-19(18)31-22/h5-6,8-9,16-17H,2-4,7,10-15H2,1H3,(H,25,30). The van der Waals surface area contributed by atoms with Gasteiger partial charge < -0.3 is 19.2 Å². The maximum atomic E-state index is 13.0. The van der Waals surface area contributed by atoms with Crippen molar-refractivity contribution in [3.63, 3.8) is 0 Å². The van der Waals surface area contributed by atoms with E-state index in [0.29, 0.717) is 13.1 Å². The van der Waals surface area contributed by atoms with Crippen LogP contribution in [0.4, 0.5) is 4.79 Å². The molecule has 0 radical (unpaired) electrons. The average molecular weight is 423 g/mol. The summed E-state index contributed by atoms with van der Waals surface area (Å²) in [5.74, 6) is 3.00. The van der Waals surface area contributed by atoms with Gasteiger partial charge in [0.05, 0.1) is 6.04 Å². The first-order valence-electron chi connectivity index (χ1n) is 11.6. The van der Waals surface area contributed by atoms with E-state index in [0.717, 1.165) is 73.7 Å². The van der Waals surface area contributed by atoms with Crippen molar-refractivity contribution in [1.29, 1.82) is 0 Å². The van der Waals surface area contributed by atoms with Crippen molar-refractivity contribution in [2.24, 2.45) is 0 Å². The number of oxazole rings is 1. The van der Waals surface area contributed by atoms with Crippen LogP contribution in [0.15, 0.2) is 28.7 Å². The van der Waals surface area contributed by atoms with Gasteiger partial charge in [0, 0.05) is 32.0 Å². The fraction of sp³-hybridized carbons (Fsp3) is 0.565. The molecule has 164 valence electrons. The SMILES string of the molecule is CCC(NC(=O)N1CCC(c2nc3ccccc3o2)CC1)c1nnc2n1CCCCC2. The van der Waals surface area contributed by atoms with Gasteiger partial charge in [0.1, 0.15) is 11.3 Å². The second-order valence-corrected chi connectivity index (χ2v) is 8.63. The molecule has 31 heavy (non-hydrogen) atoms. The highest BCUT2D eigenvalue weighted by Gasteiger charge is 2.29. The number of carbonyl (C=O) groups is 1. The molecule has 2 aliphatic heterocycles. The molecule has 2 amide bonds. The van der Waals surface area contributed by atoms with Crippen molar-refractivity contribution >= 4 is 17.1 Å². The number of aryl methyl sites for hydroxylation is 1. The van der Waals surface area contributed by atoms with Crippen molar-refractivity contribution in [2.75, 3.05) is 13.1 Å². The molecule has 1 fully saturated rings. The van der Waals surface area contributed by atoms with Crippen LogP contribution < -0.4 is 5.32 Å². The Kier molecular flexibility index (Phi) is 5.61. The van der Waals surface area contributed by atoms with Gasteiger partial charge in [-0.1, -0.05) is 25.5 Å². The lowest BCUT2D eigenvalue weighted by Gasteiger charge is -2.32. The fourth-order valence-electron chi connectivity index (χ4n) is 4.75. The maximum absolute atomic E-state index is 13.0. The summed E-state index contributed by atoms with van der Waals surface area (Å²) in [7, 11) is 0. The summed E-state index contributed by atoms with van der Waals surface area (Å²) in [4.78, 5) is 19.6. The Morgan fingerprint density at radius 1 is 1.16 bits per heavy atom. The third-order valence-corrected chi connectivity index (χ3v) is 6.60. The van der Waals surface area contributed by atoms with Gasteiger partial charge in [-0.3, -0.25) is 0 Å². The van der Waals surface area contributed by atoms with Crippen molar-refractivity contribution in [2.45, 2.75) is 70.4 Å². The van der Waals surface area contributed by atoms with Gasteiger partial charge in [0.25, 0.3) is 0 Å². The predicted octanol–water partition coefficient (Wildman–Crippen LogP) is 4.19. The number of nitrogens with zero attached hydrogens (tertiary/aromatic N) is 5. The number of benzene rings is 1. The molecule has 2 aliphatic rings. The molecule has 0 aliphatic carbocycles. The quantitative estimate of drug-likeness (QED) is 0.681. The van der Waals surface area contributed by atoms with Crippen LogP contribution in [-0.4, -0.2) is 43.8 Å². The molecule has 2 aromatic heterocycles. The van der Waals surface area contributed by atoms with Crippen LogP contribution in [0.25, 0.3) is 11.1 Å². The maximum Gasteiger partial charge on any atom is 0.317 e. The molecule has 3 aromatic rings. The first kappa shape index (κ1) is 20.0. The third kappa shape index (κ3) is 4.03. The Morgan fingerprint density at radius 2 is 2.00 bits per heavy atom. The zero-order valence-electron chi connectivity index (χ0n) is 18.1. The van der Waals surface area contributed by atoms with E-state index in [1.807, 2.05) is 29.2 Å². The Labute approximate surface area is 182 Å². The molecule has 1 N–H and O–H groups in total. The van der Waals surface area contributed by atoms with E-state index in [2.05, 4.69) is 32.0 Å². The van der Waals surface area contributed by atoms with Gasteiger partial charge in [0.15, 0.2) is 17.3 Å². The van der Waals surface area contributed by atoms with Crippen molar-refractivity contribution < 1.29 is 9.21 Å². The number of piperidine rings is 1. The molecular formula is C23H30N6O2. The van der Waals surface area contributed by atoms with Crippen LogP contribution in [0.5, 0.6) is 0 Å². The van der Waals surface area contributed by atoms with Crippen LogP contribution in [0.3, 0.4) is 0 Å². The summed E-state index contributed by atoms with van der Waals surface area (Å²) < 4.78 is 8.17. The molecule has 5 rings (SSSR count). The number of para-hydroxylation sites is 2. The molecule has 1 aromatic carbocycles. The third-order valence-electron chi connectivity index (χ3n) is 6.60. The van der Waals surface area contributed by atoms with Gasteiger partial charge in [-0.2, -0.15) is 0 Å². The number of nitrogens with one attached hydrogen (secondary N) is 1. The zero-order chi connectivity index (χ0) is 21.2. The summed E-state index contributed by atoms with van der Waals surface area (Å²) in [6.07, 6.45) is 7.02. The minimum Gasteiger partial charge on any atom is -0.440 e. The molecule has 4 heterocycles. The van der Waals surface area contributed by atoms with Gasteiger partial charge >= 0.3 is 6.03 Å². The lowest BCUT2D eigenvalue weighted by Crippen LogP contribution is -2.45. The van der Waals surface area contributed by atoms with Crippen LogP contribution >= 0.6 is 0 Å². The smallest absolute Gasteiger partial charge is 0.317 e. The summed E-state index contributed by atoms with van der Waals surface area (Å²) in [5.41, 5.74) is 1.73. The van der Waals surface area contributed by atoms with E-state index in [1.165, 1.54) is 6.42 Å². The number of likely N-dealkylation sites (tertiary alicyclic amines) is 1. The molecule has 0 bridgehead atoms. The number of carbonyl (C=O) groups excluding carboxylic acids is 1. The van der Waals surface area contributed by atoms with Crippen LogP contribution in [0.1, 0.15) is 74.9 Å². The van der Waals surface area contributed by atoms with E-state index >= 15 is 0 Å². The van der Waals surface area contributed by atoms with Gasteiger partial charge in [0.2, 0.25) is 0 Å². The summed E-state index contributed by atoms with van der Waals surface area (Å²) >= 11 is 0. The van der Waals surface area contributed by atoms with E-state index in [9.17, 15) is 4.79 Å². The second-order valence-electron chi connectivity index (χ2n) is 8.63. The Morgan fingerprint density at radius 3 is 2.81 bits per heavy atom. The van der Waals surface area contributed by atoms with E-state index in [4.69, 9.17) is 4.42 Å². The number of aromatic nitrogens is 4.